The van der Waals surface area contributed by atoms with Crippen LogP contribution in [-0.2, 0) is 9.59 Å². The lowest BCUT2D eigenvalue weighted by molar-refractivity contribution is -0.138. The van der Waals surface area contributed by atoms with E-state index in [-0.39, 0.29) is 4.75 Å². The lowest BCUT2D eigenvalue weighted by atomic mass is 10.1. The van der Waals surface area contributed by atoms with E-state index >= 15 is 0 Å². The van der Waals surface area contributed by atoms with E-state index in [1.807, 2.05) is 26.8 Å². The fraction of sp³-hybridized carbons (Fsp3) is 0.467. The lowest BCUT2D eigenvalue weighted by Gasteiger charge is -2.25. The molecule has 0 N–H and O–H groups in total. The zero-order valence-electron chi connectivity index (χ0n) is 12.2. The third-order valence-electron chi connectivity index (χ3n) is 2.47. The summed E-state index contributed by atoms with van der Waals surface area (Å²) in [6.07, 6.45) is 1.47. The van der Waals surface area contributed by atoms with Crippen LogP contribution in [-0.4, -0.2) is 28.1 Å². The van der Waals surface area contributed by atoms with E-state index in [9.17, 15) is 9.59 Å². The van der Waals surface area contributed by atoms with Crippen LogP contribution in [0.4, 0.5) is 0 Å². The van der Waals surface area contributed by atoms with Gasteiger partial charge in [0.25, 0.3) is 0 Å². The Balaban J connectivity index is 2.84. The van der Waals surface area contributed by atoms with Gasteiger partial charge < -0.3 is 4.74 Å². The molecule has 1 atom stereocenters. The van der Waals surface area contributed by atoms with Crippen LogP contribution in [0.5, 0.6) is 5.75 Å². The van der Waals surface area contributed by atoms with Gasteiger partial charge >= 0.3 is 5.97 Å². The second kappa shape index (κ2) is 6.73. The number of hydrogen-bond acceptors (Lipinski definition) is 5. The van der Waals surface area contributed by atoms with Gasteiger partial charge in [-0.1, -0.05) is 39.0 Å². The minimum atomic E-state index is -1.23. The van der Waals surface area contributed by atoms with Gasteiger partial charge in [0.2, 0.25) is 6.08 Å². The van der Waals surface area contributed by atoms with Crippen molar-refractivity contribution in [3.05, 3.63) is 30.3 Å². The lowest BCUT2D eigenvalue weighted by Crippen LogP contribution is -2.40. The van der Waals surface area contributed by atoms with Crippen molar-refractivity contribution in [1.29, 1.82) is 0 Å². The van der Waals surface area contributed by atoms with Crippen LogP contribution in [0.3, 0.4) is 0 Å². The number of nitrogens with zero attached hydrogens (tertiary/aromatic N) is 1. The van der Waals surface area contributed by atoms with Crippen molar-refractivity contribution in [3.8, 4) is 5.75 Å². The molecule has 0 aliphatic carbocycles. The van der Waals surface area contributed by atoms with Gasteiger partial charge in [-0.05, 0) is 19.1 Å². The summed E-state index contributed by atoms with van der Waals surface area (Å²) in [5.74, 6) is 0.242. The summed E-state index contributed by atoms with van der Waals surface area (Å²) in [7, 11) is 0. The predicted octanol–water partition coefficient (Wildman–Crippen LogP) is 3.22. The predicted molar refractivity (Wildman–Crippen MR) is 80.8 cm³/mol. The highest BCUT2D eigenvalue weighted by atomic mass is 32.2. The fourth-order valence-corrected chi connectivity index (χ4v) is 2.20. The Kier molecular flexibility index (Phi) is 5.54. The molecule has 0 bridgehead atoms. The Bertz CT molecular complexity index is 504. The van der Waals surface area contributed by atoms with Crippen LogP contribution in [0.25, 0.3) is 0 Å². The molecule has 0 fully saturated rings. The maximum absolute atomic E-state index is 12.2. The van der Waals surface area contributed by atoms with E-state index in [4.69, 9.17) is 4.74 Å². The average molecular weight is 293 g/mol. The molecule has 0 aliphatic heterocycles. The molecule has 0 spiro atoms. The van der Waals surface area contributed by atoms with Crippen LogP contribution in [0.15, 0.2) is 35.3 Å². The van der Waals surface area contributed by atoms with E-state index in [2.05, 4.69) is 4.99 Å². The molecule has 1 aromatic carbocycles. The van der Waals surface area contributed by atoms with Gasteiger partial charge in [0, 0.05) is 10.5 Å². The number of ether oxygens (including phenoxy) is 1. The Morgan fingerprint density at radius 3 is 2.35 bits per heavy atom. The van der Waals surface area contributed by atoms with Crippen LogP contribution in [0.1, 0.15) is 27.7 Å². The molecule has 0 saturated carbocycles. The molecule has 0 heterocycles. The van der Waals surface area contributed by atoms with Crippen LogP contribution in [0, 0.1) is 0 Å². The van der Waals surface area contributed by atoms with Gasteiger partial charge in [-0.15, -0.1) is 0 Å². The minimum absolute atomic E-state index is 0.0350. The molecule has 0 unspecified atom stereocenters. The van der Waals surface area contributed by atoms with Gasteiger partial charge in [0.1, 0.15) is 5.75 Å². The Morgan fingerprint density at radius 1 is 1.25 bits per heavy atom. The van der Waals surface area contributed by atoms with E-state index < -0.39 is 11.5 Å². The van der Waals surface area contributed by atoms with Gasteiger partial charge in [-0.25, -0.2) is 9.59 Å². The molecule has 0 aromatic heterocycles. The largest absolute Gasteiger partial charge is 0.425 e. The molecule has 0 radical (unpaired) electrons. The van der Waals surface area contributed by atoms with Crippen molar-refractivity contribution in [3.63, 3.8) is 0 Å². The van der Waals surface area contributed by atoms with E-state index in [0.717, 1.165) is 0 Å². The highest BCUT2D eigenvalue weighted by Gasteiger charge is 2.36. The summed E-state index contributed by atoms with van der Waals surface area (Å²) in [6.45, 7) is 7.68. The third-order valence-corrected chi connectivity index (χ3v) is 4.04. The van der Waals surface area contributed by atoms with Gasteiger partial charge in [-0.2, -0.15) is 16.8 Å². The monoisotopic (exact) mass is 293 g/mol. The quantitative estimate of drug-likeness (QED) is 0.362. The summed E-state index contributed by atoms with van der Waals surface area (Å²) in [4.78, 5) is 26.5. The Hall–Kier alpha value is -1.58. The van der Waals surface area contributed by atoms with Crippen molar-refractivity contribution < 1.29 is 14.3 Å². The minimum Gasteiger partial charge on any atom is -0.425 e. The number of carbonyl (C=O) groups is 1. The average Bonchev–Trinajstić information content (AvgIpc) is 2.37. The zero-order valence-corrected chi connectivity index (χ0v) is 13.0. The summed E-state index contributed by atoms with van der Waals surface area (Å²) in [5, 5.41) is 0. The topological polar surface area (TPSA) is 55.7 Å². The first-order chi connectivity index (χ1) is 9.27. The summed E-state index contributed by atoms with van der Waals surface area (Å²) in [6, 6.07) is 8.73. The number of aliphatic imine (C=N–C) groups is 1. The maximum atomic E-state index is 12.2. The van der Waals surface area contributed by atoms with Crippen molar-refractivity contribution in [1.82, 2.24) is 0 Å². The van der Waals surface area contributed by atoms with Gasteiger partial charge in [0.05, 0.1) is 0 Å². The number of para-hydroxylation sites is 1. The second-order valence-electron chi connectivity index (χ2n) is 5.58. The number of isocyanates is 1. The summed E-state index contributed by atoms with van der Waals surface area (Å²) in [5.41, 5.74) is -1.23. The van der Waals surface area contributed by atoms with Crippen molar-refractivity contribution in [2.45, 2.75) is 38.0 Å². The molecular weight excluding hydrogens is 274 g/mol. The first-order valence-electron chi connectivity index (χ1n) is 6.27. The standard InChI is InChI=1S/C15H19NO3S/c1-14(2,3)20-10-15(4,16-11-17)13(18)19-12-8-6-5-7-9-12/h5-9H,10H2,1-4H3/t15-/m1/s1. The Morgan fingerprint density at radius 2 is 1.85 bits per heavy atom. The summed E-state index contributed by atoms with van der Waals surface area (Å²) >= 11 is 1.55. The molecule has 0 amide bonds. The fourth-order valence-electron chi connectivity index (χ4n) is 1.30. The number of hydrogen-bond donors (Lipinski definition) is 0. The molecular formula is C15H19NO3S. The van der Waals surface area contributed by atoms with E-state index in [0.29, 0.717) is 11.5 Å². The first-order valence-corrected chi connectivity index (χ1v) is 7.26. The molecule has 5 heteroatoms. The molecule has 0 saturated heterocycles. The molecule has 108 valence electrons. The third kappa shape index (κ3) is 5.19. The van der Waals surface area contributed by atoms with Gasteiger partial charge in [0.15, 0.2) is 5.54 Å². The molecule has 1 aromatic rings. The zero-order chi connectivity index (χ0) is 15.2. The van der Waals surface area contributed by atoms with Crippen LogP contribution >= 0.6 is 11.8 Å². The molecule has 1 rings (SSSR count). The Labute approximate surface area is 123 Å². The number of esters is 1. The van der Waals surface area contributed by atoms with Crippen LogP contribution < -0.4 is 4.74 Å². The molecule has 20 heavy (non-hydrogen) atoms. The molecule has 4 nitrogen and oxygen atoms in total. The maximum Gasteiger partial charge on any atom is 0.340 e. The number of benzene rings is 1. The number of rotatable bonds is 5. The SMILES string of the molecule is CC(C)(C)SC[C@@](C)(N=C=O)C(=O)Oc1ccccc1. The first kappa shape index (κ1) is 16.5. The normalized spacial score (nSPS) is 14.0. The van der Waals surface area contributed by atoms with E-state index in [1.165, 1.54) is 6.08 Å². The number of carbonyl (C=O) groups excluding carboxylic acids is 2. The van der Waals surface area contributed by atoms with Crippen molar-refractivity contribution >= 4 is 23.8 Å². The highest BCUT2D eigenvalue weighted by molar-refractivity contribution is 8.00. The van der Waals surface area contributed by atoms with Crippen molar-refractivity contribution in [2.75, 3.05) is 5.75 Å². The van der Waals surface area contributed by atoms with Crippen molar-refractivity contribution in [2.24, 2.45) is 4.99 Å². The van der Waals surface area contributed by atoms with E-state index in [1.54, 1.807) is 43.0 Å². The smallest absolute Gasteiger partial charge is 0.340 e. The van der Waals surface area contributed by atoms with Gasteiger partial charge in [-0.3, -0.25) is 0 Å². The molecule has 0 aliphatic rings. The van der Waals surface area contributed by atoms with Crippen LogP contribution in [0.2, 0.25) is 0 Å². The highest BCUT2D eigenvalue weighted by Crippen LogP contribution is 2.29. The summed E-state index contributed by atoms with van der Waals surface area (Å²) < 4.78 is 5.24. The number of thioether (sulfide) groups is 1. The second-order valence-corrected chi connectivity index (χ2v) is 7.38.